The summed E-state index contributed by atoms with van der Waals surface area (Å²) in [6.07, 6.45) is 3.19. The summed E-state index contributed by atoms with van der Waals surface area (Å²) >= 11 is 6.46. The molecule has 1 aliphatic carbocycles. The molecule has 0 aliphatic heterocycles. The van der Waals surface area contributed by atoms with Crippen molar-refractivity contribution in [1.82, 2.24) is 0 Å². The van der Waals surface area contributed by atoms with E-state index in [0.717, 1.165) is 3.39 Å². The van der Waals surface area contributed by atoms with Crippen LogP contribution in [-0.2, 0) is 0 Å². The minimum absolute atomic E-state index is 0.0292. The zero-order chi connectivity index (χ0) is 9.19. The van der Waals surface area contributed by atoms with Crippen molar-refractivity contribution in [2.24, 2.45) is 5.92 Å². The van der Waals surface area contributed by atoms with Crippen LogP contribution in [0.2, 0.25) is 0 Å². The predicted octanol–water partition coefficient (Wildman–Crippen LogP) is 4.44. The van der Waals surface area contributed by atoms with E-state index in [1.807, 2.05) is 6.08 Å². The largest absolute Gasteiger partial charge is 0.248 e. The number of allylic oxidation sites excluding steroid dienone is 1. The lowest BCUT2D eigenvalue weighted by Crippen LogP contribution is -2.23. The molecule has 0 amide bonds. The van der Waals surface area contributed by atoms with Gasteiger partial charge in [-0.1, -0.05) is 6.08 Å². The zero-order valence-corrected chi connectivity index (χ0v) is 9.67. The van der Waals surface area contributed by atoms with Gasteiger partial charge in [0.2, 0.25) is 5.92 Å². The lowest BCUT2D eigenvalue weighted by molar-refractivity contribution is -0.0411. The van der Waals surface area contributed by atoms with Crippen molar-refractivity contribution in [3.63, 3.8) is 0 Å². The first-order valence-corrected chi connectivity index (χ1v) is 5.49. The van der Waals surface area contributed by atoms with Gasteiger partial charge in [-0.3, -0.25) is 0 Å². The highest BCUT2D eigenvalue weighted by atomic mass is 79.9. The normalized spacial score (nSPS) is 23.7. The van der Waals surface area contributed by atoms with E-state index >= 15 is 0 Å². The van der Waals surface area contributed by atoms with Gasteiger partial charge in [0, 0.05) is 12.8 Å². The standard InChI is InChI=1S/C8H10Br2F2/c9-7(10)5-6-1-3-8(11,12)4-2-6/h5-6H,1-4H2. The Bertz CT molecular complexity index is 175. The van der Waals surface area contributed by atoms with E-state index in [9.17, 15) is 8.78 Å². The SMILES string of the molecule is FC1(F)CCC(C=C(Br)Br)CC1. The molecule has 0 unspecified atom stereocenters. The van der Waals surface area contributed by atoms with Crippen LogP contribution in [0.25, 0.3) is 0 Å². The first-order chi connectivity index (χ1) is 5.49. The lowest BCUT2D eigenvalue weighted by Gasteiger charge is -2.26. The summed E-state index contributed by atoms with van der Waals surface area (Å²) in [6, 6.07) is 0. The van der Waals surface area contributed by atoms with Crippen molar-refractivity contribution in [3.8, 4) is 0 Å². The molecule has 0 radical (unpaired) electrons. The Labute approximate surface area is 87.7 Å². The number of halogens is 4. The van der Waals surface area contributed by atoms with Gasteiger partial charge in [-0.25, -0.2) is 8.78 Å². The summed E-state index contributed by atoms with van der Waals surface area (Å²) < 4.78 is 26.2. The van der Waals surface area contributed by atoms with E-state index < -0.39 is 5.92 Å². The molecule has 1 saturated carbocycles. The van der Waals surface area contributed by atoms with Crippen LogP contribution in [0, 0.1) is 5.92 Å². The number of hydrogen-bond acceptors (Lipinski definition) is 0. The Morgan fingerprint density at radius 3 is 2.17 bits per heavy atom. The Morgan fingerprint density at radius 2 is 1.75 bits per heavy atom. The van der Waals surface area contributed by atoms with Gasteiger partial charge in [-0.15, -0.1) is 0 Å². The van der Waals surface area contributed by atoms with Crippen LogP contribution in [0.4, 0.5) is 8.78 Å². The van der Waals surface area contributed by atoms with Gasteiger partial charge < -0.3 is 0 Å². The van der Waals surface area contributed by atoms with Crippen molar-refractivity contribution >= 4 is 31.9 Å². The molecule has 0 nitrogen and oxygen atoms in total. The second-order valence-electron chi connectivity index (χ2n) is 3.15. The second-order valence-corrected chi connectivity index (χ2v) is 5.92. The highest BCUT2D eigenvalue weighted by molar-refractivity contribution is 9.28. The van der Waals surface area contributed by atoms with Gasteiger partial charge >= 0.3 is 0 Å². The fourth-order valence-electron chi connectivity index (χ4n) is 1.41. The van der Waals surface area contributed by atoms with E-state index in [0.29, 0.717) is 18.8 Å². The van der Waals surface area contributed by atoms with Crippen molar-refractivity contribution in [1.29, 1.82) is 0 Å². The van der Waals surface area contributed by atoms with Gasteiger partial charge in [0.25, 0.3) is 0 Å². The van der Waals surface area contributed by atoms with Crippen LogP contribution in [0.15, 0.2) is 9.47 Å². The van der Waals surface area contributed by atoms with E-state index in [1.165, 1.54) is 0 Å². The van der Waals surface area contributed by atoms with Gasteiger partial charge in [-0.2, -0.15) is 0 Å². The summed E-state index contributed by atoms with van der Waals surface area (Å²) in [6.45, 7) is 0. The fourth-order valence-corrected chi connectivity index (χ4v) is 2.15. The molecule has 0 aromatic carbocycles. The highest BCUT2D eigenvalue weighted by Crippen LogP contribution is 2.37. The Morgan fingerprint density at radius 1 is 1.25 bits per heavy atom. The summed E-state index contributed by atoms with van der Waals surface area (Å²) in [5, 5.41) is 0. The summed E-state index contributed by atoms with van der Waals surface area (Å²) in [4.78, 5) is 0. The lowest BCUT2D eigenvalue weighted by atomic mass is 9.87. The first-order valence-electron chi connectivity index (χ1n) is 3.90. The monoisotopic (exact) mass is 302 g/mol. The molecule has 0 aromatic rings. The van der Waals surface area contributed by atoms with Crippen molar-refractivity contribution in [2.75, 3.05) is 0 Å². The molecular formula is C8H10Br2F2. The molecule has 0 spiro atoms. The van der Waals surface area contributed by atoms with Crippen LogP contribution in [0.5, 0.6) is 0 Å². The average molecular weight is 304 g/mol. The van der Waals surface area contributed by atoms with Crippen LogP contribution in [-0.4, -0.2) is 5.92 Å². The van der Waals surface area contributed by atoms with E-state index in [-0.39, 0.29) is 12.8 Å². The van der Waals surface area contributed by atoms with E-state index in [4.69, 9.17) is 0 Å². The minimum Gasteiger partial charge on any atom is -0.207 e. The zero-order valence-electron chi connectivity index (χ0n) is 6.49. The first kappa shape index (κ1) is 10.6. The molecule has 1 aliphatic rings. The molecule has 0 atom stereocenters. The number of hydrogen-bond donors (Lipinski definition) is 0. The third-order valence-corrected chi connectivity index (χ3v) is 2.65. The minimum atomic E-state index is -2.41. The maximum atomic E-state index is 12.7. The topological polar surface area (TPSA) is 0 Å². The third-order valence-electron chi connectivity index (χ3n) is 2.12. The molecule has 0 bridgehead atoms. The molecule has 0 aromatic heterocycles. The highest BCUT2D eigenvalue weighted by Gasteiger charge is 2.34. The Hall–Kier alpha value is 0.560. The van der Waals surface area contributed by atoms with Gasteiger partial charge in [-0.05, 0) is 50.6 Å². The van der Waals surface area contributed by atoms with E-state index in [1.54, 1.807) is 0 Å². The molecule has 4 heteroatoms. The molecular weight excluding hydrogens is 294 g/mol. The third kappa shape index (κ3) is 3.52. The quantitative estimate of drug-likeness (QED) is 0.671. The molecule has 0 N–H and O–H groups in total. The summed E-state index contributed by atoms with van der Waals surface area (Å²) in [5.41, 5.74) is 0. The van der Waals surface area contributed by atoms with Crippen molar-refractivity contribution in [3.05, 3.63) is 9.47 Å². The van der Waals surface area contributed by atoms with Crippen LogP contribution < -0.4 is 0 Å². The maximum Gasteiger partial charge on any atom is 0.248 e. The van der Waals surface area contributed by atoms with Gasteiger partial charge in [0.15, 0.2) is 0 Å². The number of alkyl halides is 2. The second kappa shape index (κ2) is 4.18. The molecule has 70 valence electrons. The Balaban J connectivity index is 2.42. The van der Waals surface area contributed by atoms with Crippen LogP contribution >= 0.6 is 31.9 Å². The fraction of sp³-hybridized carbons (Fsp3) is 0.750. The Kier molecular flexibility index (Phi) is 3.71. The maximum absolute atomic E-state index is 12.7. The average Bonchev–Trinajstić information content (AvgIpc) is 1.93. The van der Waals surface area contributed by atoms with Crippen LogP contribution in [0.1, 0.15) is 25.7 Å². The van der Waals surface area contributed by atoms with Gasteiger partial charge in [0.05, 0.1) is 3.39 Å². The summed E-state index contributed by atoms with van der Waals surface area (Å²) in [5.74, 6) is -2.11. The van der Waals surface area contributed by atoms with Crippen molar-refractivity contribution < 1.29 is 8.78 Å². The molecule has 1 fully saturated rings. The van der Waals surface area contributed by atoms with Crippen molar-refractivity contribution in [2.45, 2.75) is 31.6 Å². The smallest absolute Gasteiger partial charge is 0.207 e. The van der Waals surface area contributed by atoms with Gasteiger partial charge in [0.1, 0.15) is 0 Å². The van der Waals surface area contributed by atoms with Crippen LogP contribution in [0.3, 0.4) is 0 Å². The molecule has 0 saturated heterocycles. The number of rotatable bonds is 1. The molecule has 12 heavy (non-hydrogen) atoms. The molecule has 0 heterocycles. The predicted molar refractivity (Wildman–Crippen MR) is 52.8 cm³/mol. The summed E-state index contributed by atoms with van der Waals surface area (Å²) in [7, 11) is 0. The molecule has 1 rings (SSSR count). The van der Waals surface area contributed by atoms with E-state index in [2.05, 4.69) is 31.9 Å².